The van der Waals surface area contributed by atoms with Crippen molar-refractivity contribution < 1.29 is 4.79 Å². The summed E-state index contributed by atoms with van der Waals surface area (Å²) in [6.45, 7) is 9.36. The first-order valence-electron chi connectivity index (χ1n) is 11.6. The van der Waals surface area contributed by atoms with E-state index in [0.717, 1.165) is 38.3 Å². The summed E-state index contributed by atoms with van der Waals surface area (Å²) in [5, 5.41) is 4.10. The average molecular weight is 441 g/mol. The standard InChI is InChI=1S/C28H32N4O/c1-22(2)25-12-8-23(9-13-25)20-29-30-28(33)26-14-10-24(11-15-26)21-31-16-18-32(19-17-31)27-6-4-3-5-7-27/h3-15,20,22H,16-19,21H2,1-2H3,(H,30,33)/b29-20-. The molecule has 33 heavy (non-hydrogen) atoms. The first-order valence-corrected chi connectivity index (χ1v) is 11.6. The van der Waals surface area contributed by atoms with Crippen molar-refractivity contribution in [2.75, 3.05) is 31.1 Å². The number of benzene rings is 3. The summed E-state index contributed by atoms with van der Waals surface area (Å²) < 4.78 is 0. The number of nitrogens with zero attached hydrogens (tertiary/aromatic N) is 3. The predicted octanol–water partition coefficient (Wildman–Crippen LogP) is 4.90. The lowest BCUT2D eigenvalue weighted by Gasteiger charge is -2.36. The summed E-state index contributed by atoms with van der Waals surface area (Å²) in [7, 11) is 0. The Balaban J connectivity index is 1.24. The number of carbonyl (C=O) groups is 1. The fraction of sp³-hybridized carbons (Fsp3) is 0.286. The van der Waals surface area contributed by atoms with E-state index in [4.69, 9.17) is 0 Å². The molecule has 0 saturated carbocycles. The third-order valence-corrected chi connectivity index (χ3v) is 6.10. The van der Waals surface area contributed by atoms with Gasteiger partial charge in [-0.05, 0) is 46.9 Å². The van der Waals surface area contributed by atoms with Crippen LogP contribution in [0.5, 0.6) is 0 Å². The monoisotopic (exact) mass is 440 g/mol. The quantitative estimate of drug-likeness (QED) is 0.420. The minimum atomic E-state index is -0.201. The molecule has 1 aliphatic rings. The molecule has 0 spiro atoms. The van der Waals surface area contributed by atoms with Crippen molar-refractivity contribution in [2.24, 2.45) is 5.10 Å². The van der Waals surface area contributed by atoms with Gasteiger partial charge in [0.2, 0.25) is 0 Å². The molecule has 0 unspecified atom stereocenters. The molecule has 0 atom stereocenters. The smallest absolute Gasteiger partial charge is 0.271 e. The number of anilines is 1. The van der Waals surface area contributed by atoms with Gasteiger partial charge in [0.1, 0.15) is 0 Å². The molecule has 3 aromatic carbocycles. The zero-order valence-electron chi connectivity index (χ0n) is 19.4. The Bertz CT molecular complexity index is 1050. The summed E-state index contributed by atoms with van der Waals surface area (Å²) >= 11 is 0. The van der Waals surface area contributed by atoms with Gasteiger partial charge in [-0.2, -0.15) is 5.10 Å². The number of carbonyl (C=O) groups excluding carboxylic acids is 1. The molecule has 1 aliphatic heterocycles. The molecular weight excluding hydrogens is 408 g/mol. The van der Waals surface area contributed by atoms with Gasteiger partial charge in [-0.1, -0.05) is 68.4 Å². The van der Waals surface area contributed by atoms with Gasteiger partial charge in [0.15, 0.2) is 0 Å². The minimum Gasteiger partial charge on any atom is -0.369 e. The lowest BCUT2D eigenvalue weighted by molar-refractivity contribution is 0.0955. The number of hydrazone groups is 1. The van der Waals surface area contributed by atoms with E-state index in [1.807, 2.05) is 36.4 Å². The van der Waals surface area contributed by atoms with Crippen LogP contribution in [0.15, 0.2) is 84.0 Å². The highest BCUT2D eigenvalue weighted by atomic mass is 16.2. The first kappa shape index (κ1) is 22.7. The van der Waals surface area contributed by atoms with Crippen molar-refractivity contribution in [2.45, 2.75) is 26.3 Å². The van der Waals surface area contributed by atoms with Gasteiger partial charge in [-0.3, -0.25) is 9.69 Å². The fourth-order valence-corrected chi connectivity index (χ4v) is 4.02. The lowest BCUT2D eigenvalue weighted by atomic mass is 10.0. The van der Waals surface area contributed by atoms with Gasteiger partial charge in [0.05, 0.1) is 6.21 Å². The highest BCUT2D eigenvalue weighted by Gasteiger charge is 2.17. The number of para-hydroxylation sites is 1. The fourth-order valence-electron chi connectivity index (χ4n) is 4.02. The zero-order valence-corrected chi connectivity index (χ0v) is 19.4. The van der Waals surface area contributed by atoms with E-state index in [0.29, 0.717) is 11.5 Å². The van der Waals surface area contributed by atoms with Gasteiger partial charge in [0, 0.05) is 44.0 Å². The second-order valence-electron chi connectivity index (χ2n) is 8.82. The van der Waals surface area contributed by atoms with E-state index in [1.54, 1.807) is 6.21 Å². The number of piperazine rings is 1. The SMILES string of the molecule is CC(C)c1ccc(/C=N\NC(=O)c2ccc(CN3CCN(c4ccccc4)CC3)cc2)cc1. The van der Waals surface area contributed by atoms with Crippen LogP contribution in [-0.4, -0.2) is 43.2 Å². The van der Waals surface area contributed by atoms with Gasteiger partial charge in [-0.25, -0.2) is 5.43 Å². The summed E-state index contributed by atoms with van der Waals surface area (Å²) in [4.78, 5) is 17.3. The number of nitrogens with one attached hydrogen (secondary N) is 1. The third-order valence-electron chi connectivity index (χ3n) is 6.10. The Morgan fingerprint density at radius 1 is 0.909 bits per heavy atom. The van der Waals surface area contributed by atoms with Crippen molar-refractivity contribution in [3.8, 4) is 0 Å². The Hall–Kier alpha value is -3.44. The maximum Gasteiger partial charge on any atom is 0.271 e. The number of amides is 1. The van der Waals surface area contributed by atoms with E-state index in [-0.39, 0.29) is 5.91 Å². The molecule has 0 radical (unpaired) electrons. The van der Waals surface area contributed by atoms with Crippen LogP contribution in [0.4, 0.5) is 5.69 Å². The molecule has 0 aliphatic carbocycles. The van der Waals surface area contributed by atoms with Crippen molar-refractivity contribution in [1.29, 1.82) is 0 Å². The summed E-state index contributed by atoms with van der Waals surface area (Å²) in [6, 6.07) is 26.6. The number of rotatable bonds is 7. The first-order chi connectivity index (χ1) is 16.1. The van der Waals surface area contributed by atoms with E-state index in [2.05, 4.69) is 76.6 Å². The molecule has 1 amide bonds. The molecule has 0 aromatic heterocycles. The highest BCUT2D eigenvalue weighted by molar-refractivity contribution is 5.94. The summed E-state index contributed by atoms with van der Waals surface area (Å²) in [5.41, 5.74) is 7.99. The molecule has 5 nitrogen and oxygen atoms in total. The largest absolute Gasteiger partial charge is 0.369 e. The molecular formula is C28H32N4O. The molecule has 5 heteroatoms. The topological polar surface area (TPSA) is 47.9 Å². The number of hydrogen-bond donors (Lipinski definition) is 1. The second kappa shape index (κ2) is 10.9. The highest BCUT2D eigenvalue weighted by Crippen LogP contribution is 2.17. The van der Waals surface area contributed by atoms with Crippen LogP contribution >= 0.6 is 0 Å². The van der Waals surface area contributed by atoms with E-state index in [9.17, 15) is 4.79 Å². The van der Waals surface area contributed by atoms with Crippen LogP contribution in [-0.2, 0) is 6.54 Å². The normalized spacial score (nSPS) is 14.7. The summed E-state index contributed by atoms with van der Waals surface area (Å²) in [6.07, 6.45) is 1.67. The van der Waals surface area contributed by atoms with E-state index in [1.165, 1.54) is 16.8 Å². The molecule has 1 saturated heterocycles. The molecule has 4 rings (SSSR count). The molecule has 1 N–H and O–H groups in total. The van der Waals surface area contributed by atoms with Crippen molar-refractivity contribution in [1.82, 2.24) is 10.3 Å². The van der Waals surface area contributed by atoms with E-state index < -0.39 is 0 Å². The lowest BCUT2D eigenvalue weighted by Crippen LogP contribution is -2.45. The van der Waals surface area contributed by atoms with Crippen LogP contribution in [0, 0.1) is 0 Å². The van der Waals surface area contributed by atoms with Gasteiger partial charge in [0.25, 0.3) is 5.91 Å². The summed E-state index contributed by atoms with van der Waals surface area (Å²) in [5.74, 6) is 0.297. The van der Waals surface area contributed by atoms with Crippen molar-refractivity contribution >= 4 is 17.8 Å². The molecule has 170 valence electrons. The van der Waals surface area contributed by atoms with Crippen LogP contribution in [0.25, 0.3) is 0 Å². The van der Waals surface area contributed by atoms with Gasteiger partial charge >= 0.3 is 0 Å². The maximum atomic E-state index is 12.4. The van der Waals surface area contributed by atoms with E-state index >= 15 is 0 Å². The molecule has 0 bridgehead atoms. The third kappa shape index (κ3) is 6.30. The predicted molar refractivity (Wildman–Crippen MR) is 136 cm³/mol. The van der Waals surface area contributed by atoms with Crippen molar-refractivity contribution in [3.63, 3.8) is 0 Å². The van der Waals surface area contributed by atoms with Gasteiger partial charge in [-0.15, -0.1) is 0 Å². The maximum absolute atomic E-state index is 12.4. The van der Waals surface area contributed by atoms with Crippen LogP contribution < -0.4 is 10.3 Å². The number of hydrogen-bond acceptors (Lipinski definition) is 4. The molecule has 1 heterocycles. The Kier molecular flexibility index (Phi) is 7.53. The second-order valence-corrected chi connectivity index (χ2v) is 8.82. The molecule has 3 aromatic rings. The Morgan fingerprint density at radius 3 is 2.21 bits per heavy atom. The Labute approximate surface area is 196 Å². The zero-order chi connectivity index (χ0) is 23.0. The molecule has 1 fully saturated rings. The van der Waals surface area contributed by atoms with Gasteiger partial charge < -0.3 is 4.90 Å². The van der Waals surface area contributed by atoms with Crippen molar-refractivity contribution in [3.05, 3.63) is 101 Å². The minimum absolute atomic E-state index is 0.201. The average Bonchev–Trinajstić information content (AvgIpc) is 2.86. The van der Waals surface area contributed by atoms with Crippen LogP contribution in [0.1, 0.15) is 46.8 Å². The Morgan fingerprint density at radius 2 is 1.58 bits per heavy atom. The van der Waals surface area contributed by atoms with Crippen LogP contribution in [0.3, 0.4) is 0 Å². The van der Waals surface area contributed by atoms with Crippen LogP contribution in [0.2, 0.25) is 0 Å².